The summed E-state index contributed by atoms with van der Waals surface area (Å²) in [4.78, 5) is 35.9. The molecule has 1 aliphatic heterocycles. The summed E-state index contributed by atoms with van der Waals surface area (Å²) in [6.07, 6.45) is 1.42. The van der Waals surface area contributed by atoms with Crippen LogP contribution in [0.4, 0.5) is 0 Å². The molecule has 0 saturated carbocycles. The first-order valence-electron chi connectivity index (χ1n) is 5.06. The van der Waals surface area contributed by atoms with Gasteiger partial charge >= 0.3 is 0 Å². The third-order valence-corrected chi connectivity index (χ3v) is 2.46. The quantitative estimate of drug-likeness (QED) is 0.511. The topological polar surface area (TPSA) is 66.5 Å². The van der Waals surface area contributed by atoms with Gasteiger partial charge in [0.25, 0.3) is 5.91 Å². The molecule has 0 bridgehead atoms. The molecule has 88 valence electrons. The van der Waals surface area contributed by atoms with E-state index in [-0.39, 0.29) is 12.5 Å². The van der Waals surface area contributed by atoms with Crippen LogP contribution in [0.3, 0.4) is 0 Å². The Morgan fingerprint density at radius 3 is 2.44 bits per heavy atom. The SMILES string of the molecule is CC(C)=CC(=O)N1CC(=O)NC(=O)C1(C)C. The standard InChI is InChI=1S/C11H16N2O3/c1-7(2)5-9(15)13-6-8(14)12-10(16)11(13,3)4/h5H,6H2,1-4H3,(H,12,14,16). The first-order chi connectivity index (χ1) is 7.25. The summed E-state index contributed by atoms with van der Waals surface area (Å²) in [6, 6.07) is 0. The number of rotatable bonds is 1. The fourth-order valence-corrected chi connectivity index (χ4v) is 1.46. The molecule has 0 aromatic heterocycles. The van der Waals surface area contributed by atoms with E-state index in [1.54, 1.807) is 27.7 Å². The molecule has 0 aliphatic carbocycles. The summed E-state index contributed by atoms with van der Waals surface area (Å²) in [7, 11) is 0. The van der Waals surface area contributed by atoms with Gasteiger partial charge in [-0.3, -0.25) is 19.7 Å². The van der Waals surface area contributed by atoms with Gasteiger partial charge in [-0.1, -0.05) is 5.57 Å². The molecule has 5 heteroatoms. The number of carbonyl (C=O) groups is 3. The first kappa shape index (κ1) is 12.4. The molecule has 0 spiro atoms. The summed E-state index contributed by atoms with van der Waals surface area (Å²) in [5.74, 6) is -1.20. The Morgan fingerprint density at radius 2 is 1.94 bits per heavy atom. The van der Waals surface area contributed by atoms with Crippen LogP contribution in [0, 0.1) is 0 Å². The van der Waals surface area contributed by atoms with Crippen LogP contribution in [0.1, 0.15) is 27.7 Å². The van der Waals surface area contributed by atoms with Gasteiger partial charge in [-0.05, 0) is 27.7 Å². The van der Waals surface area contributed by atoms with E-state index in [1.165, 1.54) is 11.0 Å². The summed E-state index contributed by atoms with van der Waals surface area (Å²) in [5, 5.41) is 2.22. The molecule has 0 atom stereocenters. The number of piperazine rings is 1. The second-order valence-electron chi connectivity index (χ2n) is 4.58. The van der Waals surface area contributed by atoms with E-state index in [9.17, 15) is 14.4 Å². The lowest BCUT2D eigenvalue weighted by atomic mass is 9.98. The molecule has 1 aliphatic rings. The minimum Gasteiger partial charge on any atom is -0.316 e. The lowest BCUT2D eigenvalue weighted by molar-refractivity contribution is -0.153. The zero-order valence-electron chi connectivity index (χ0n) is 9.96. The third-order valence-electron chi connectivity index (χ3n) is 2.46. The van der Waals surface area contributed by atoms with Crippen molar-refractivity contribution >= 4 is 17.7 Å². The Bertz CT molecular complexity index is 379. The van der Waals surface area contributed by atoms with E-state index in [0.717, 1.165) is 5.57 Å². The normalized spacial score (nSPS) is 19.1. The number of carbonyl (C=O) groups excluding carboxylic acids is 3. The van der Waals surface area contributed by atoms with Crippen molar-refractivity contribution in [3.63, 3.8) is 0 Å². The lowest BCUT2D eigenvalue weighted by Crippen LogP contribution is -2.65. The van der Waals surface area contributed by atoms with Gasteiger partial charge in [0.2, 0.25) is 11.8 Å². The minimum atomic E-state index is -0.989. The molecule has 0 aromatic rings. The van der Waals surface area contributed by atoms with Crippen molar-refractivity contribution in [2.75, 3.05) is 6.54 Å². The maximum Gasteiger partial charge on any atom is 0.252 e. The average molecular weight is 224 g/mol. The van der Waals surface area contributed by atoms with Gasteiger partial charge in [-0.2, -0.15) is 0 Å². The van der Waals surface area contributed by atoms with Gasteiger partial charge in [0.05, 0.1) is 0 Å². The average Bonchev–Trinajstić information content (AvgIpc) is 2.10. The fraction of sp³-hybridized carbons (Fsp3) is 0.545. The van der Waals surface area contributed by atoms with E-state index < -0.39 is 17.4 Å². The van der Waals surface area contributed by atoms with Crippen LogP contribution in [-0.4, -0.2) is 34.7 Å². The largest absolute Gasteiger partial charge is 0.316 e. The van der Waals surface area contributed by atoms with Gasteiger partial charge in [0.1, 0.15) is 12.1 Å². The van der Waals surface area contributed by atoms with Gasteiger partial charge < -0.3 is 4.90 Å². The number of amides is 3. The second-order valence-corrected chi connectivity index (χ2v) is 4.58. The Balaban J connectivity index is 3.01. The summed E-state index contributed by atoms with van der Waals surface area (Å²) >= 11 is 0. The highest BCUT2D eigenvalue weighted by Gasteiger charge is 2.42. The zero-order chi connectivity index (χ0) is 12.5. The second kappa shape index (κ2) is 4.08. The van der Waals surface area contributed by atoms with Crippen LogP contribution in [0.2, 0.25) is 0 Å². The molecule has 3 amide bonds. The number of nitrogens with zero attached hydrogens (tertiary/aromatic N) is 1. The number of allylic oxidation sites excluding steroid dienone is 1. The molecule has 1 heterocycles. The number of hydrogen-bond donors (Lipinski definition) is 1. The third kappa shape index (κ3) is 2.29. The molecule has 5 nitrogen and oxygen atoms in total. The monoisotopic (exact) mass is 224 g/mol. The molecule has 0 radical (unpaired) electrons. The van der Waals surface area contributed by atoms with E-state index >= 15 is 0 Å². The Labute approximate surface area is 94.5 Å². The van der Waals surface area contributed by atoms with Crippen molar-refractivity contribution in [2.24, 2.45) is 0 Å². The molecular weight excluding hydrogens is 208 g/mol. The predicted molar refractivity (Wildman–Crippen MR) is 58.4 cm³/mol. The van der Waals surface area contributed by atoms with Crippen molar-refractivity contribution < 1.29 is 14.4 Å². The van der Waals surface area contributed by atoms with Crippen molar-refractivity contribution in [1.29, 1.82) is 0 Å². The van der Waals surface area contributed by atoms with Gasteiger partial charge in [0, 0.05) is 6.08 Å². The Hall–Kier alpha value is -1.65. The summed E-state index contributed by atoms with van der Waals surface area (Å²) < 4.78 is 0. The highest BCUT2D eigenvalue weighted by molar-refractivity contribution is 6.07. The zero-order valence-corrected chi connectivity index (χ0v) is 9.96. The van der Waals surface area contributed by atoms with E-state index in [4.69, 9.17) is 0 Å². The van der Waals surface area contributed by atoms with Gasteiger partial charge in [-0.25, -0.2) is 0 Å². The van der Waals surface area contributed by atoms with Crippen LogP contribution in [-0.2, 0) is 14.4 Å². The molecule has 0 aromatic carbocycles. The van der Waals surface area contributed by atoms with Crippen LogP contribution in [0.5, 0.6) is 0 Å². The van der Waals surface area contributed by atoms with E-state index in [2.05, 4.69) is 5.32 Å². The first-order valence-corrected chi connectivity index (χ1v) is 5.06. The lowest BCUT2D eigenvalue weighted by Gasteiger charge is -2.39. The van der Waals surface area contributed by atoms with Crippen molar-refractivity contribution in [1.82, 2.24) is 10.2 Å². The van der Waals surface area contributed by atoms with Gasteiger partial charge in [0.15, 0.2) is 0 Å². The smallest absolute Gasteiger partial charge is 0.252 e. The Morgan fingerprint density at radius 1 is 1.38 bits per heavy atom. The van der Waals surface area contributed by atoms with Crippen LogP contribution < -0.4 is 5.32 Å². The summed E-state index contributed by atoms with van der Waals surface area (Å²) in [5.41, 5.74) is -0.157. The Kier molecular flexibility index (Phi) is 3.16. The van der Waals surface area contributed by atoms with Crippen molar-refractivity contribution in [3.8, 4) is 0 Å². The fourth-order valence-electron chi connectivity index (χ4n) is 1.46. The molecule has 1 rings (SSSR count). The van der Waals surface area contributed by atoms with E-state index in [0.29, 0.717) is 0 Å². The number of imide groups is 1. The van der Waals surface area contributed by atoms with Crippen LogP contribution >= 0.6 is 0 Å². The maximum atomic E-state index is 11.8. The molecule has 1 saturated heterocycles. The van der Waals surface area contributed by atoms with Crippen LogP contribution in [0.25, 0.3) is 0 Å². The van der Waals surface area contributed by atoms with Crippen molar-refractivity contribution in [3.05, 3.63) is 11.6 Å². The highest BCUT2D eigenvalue weighted by Crippen LogP contribution is 2.18. The van der Waals surface area contributed by atoms with Crippen molar-refractivity contribution in [2.45, 2.75) is 33.2 Å². The summed E-state index contributed by atoms with van der Waals surface area (Å²) in [6.45, 7) is 6.73. The maximum absolute atomic E-state index is 11.8. The van der Waals surface area contributed by atoms with Gasteiger partial charge in [-0.15, -0.1) is 0 Å². The predicted octanol–water partition coefficient (Wildman–Crippen LogP) is 0.216. The molecule has 1 N–H and O–H groups in total. The van der Waals surface area contributed by atoms with Crippen LogP contribution in [0.15, 0.2) is 11.6 Å². The number of hydrogen-bond acceptors (Lipinski definition) is 3. The molecule has 0 unspecified atom stereocenters. The molecule has 1 fully saturated rings. The highest BCUT2D eigenvalue weighted by atomic mass is 16.2. The number of nitrogens with one attached hydrogen (secondary N) is 1. The minimum absolute atomic E-state index is 0.0820. The van der Waals surface area contributed by atoms with E-state index in [1.807, 2.05) is 0 Å². The molecular formula is C11H16N2O3. The molecule has 16 heavy (non-hydrogen) atoms.